The summed E-state index contributed by atoms with van der Waals surface area (Å²) in [6, 6.07) is 8.11. The van der Waals surface area contributed by atoms with Crippen LogP contribution in [0, 0.1) is 12.8 Å². The number of fused-ring (bicyclic) bond motifs is 1. The Morgan fingerprint density at radius 1 is 1.06 bits per heavy atom. The minimum absolute atomic E-state index is 0.483. The quantitative estimate of drug-likeness (QED) is 0.790. The van der Waals surface area contributed by atoms with E-state index in [2.05, 4.69) is 32.7 Å². The molecule has 0 aliphatic heterocycles. The maximum absolute atomic E-state index is 4.80. The molecule has 2 heteroatoms. The van der Waals surface area contributed by atoms with E-state index in [0.29, 0.717) is 5.92 Å². The van der Waals surface area contributed by atoms with Gasteiger partial charge in [0, 0.05) is 5.92 Å². The fraction of sp³-hybridized carbons (Fsp3) is 0.500. The zero-order valence-electron chi connectivity index (χ0n) is 11.8. The largest absolute Gasteiger partial charge is 0.250 e. The van der Waals surface area contributed by atoms with Crippen molar-refractivity contribution in [1.82, 2.24) is 9.97 Å². The van der Waals surface area contributed by atoms with Gasteiger partial charge in [-0.1, -0.05) is 39.3 Å². The van der Waals surface area contributed by atoms with E-state index >= 15 is 0 Å². The Labute approximate surface area is 109 Å². The molecule has 96 valence electrons. The molecule has 1 heterocycles. The van der Waals surface area contributed by atoms with Crippen LogP contribution in [0.15, 0.2) is 24.3 Å². The van der Waals surface area contributed by atoms with Crippen molar-refractivity contribution in [2.24, 2.45) is 5.92 Å². The SMILES string of the molecule is CCC(C)CC(C)c1nc2ccccc2nc1C. The molecule has 0 bridgehead atoms. The van der Waals surface area contributed by atoms with E-state index in [1.165, 1.54) is 12.8 Å². The van der Waals surface area contributed by atoms with Crippen LogP contribution >= 0.6 is 0 Å². The molecule has 0 fully saturated rings. The average Bonchev–Trinajstić information content (AvgIpc) is 2.37. The lowest BCUT2D eigenvalue weighted by Gasteiger charge is -2.17. The van der Waals surface area contributed by atoms with Crippen molar-refractivity contribution in [2.45, 2.75) is 46.5 Å². The highest BCUT2D eigenvalue weighted by atomic mass is 14.8. The predicted octanol–water partition coefficient (Wildman–Crippen LogP) is 4.48. The lowest BCUT2D eigenvalue weighted by molar-refractivity contribution is 0.465. The molecule has 2 nitrogen and oxygen atoms in total. The van der Waals surface area contributed by atoms with Crippen molar-refractivity contribution in [3.63, 3.8) is 0 Å². The van der Waals surface area contributed by atoms with Gasteiger partial charge >= 0.3 is 0 Å². The van der Waals surface area contributed by atoms with E-state index < -0.39 is 0 Å². The molecule has 0 radical (unpaired) electrons. The lowest BCUT2D eigenvalue weighted by Crippen LogP contribution is -2.07. The fourth-order valence-corrected chi connectivity index (χ4v) is 2.45. The molecular weight excluding hydrogens is 220 g/mol. The second-order valence-corrected chi connectivity index (χ2v) is 5.33. The van der Waals surface area contributed by atoms with Crippen LogP contribution in [0.2, 0.25) is 0 Å². The van der Waals surface area contributed by atoms with Gasteiger partial charge in [-0.05, 0) is 31.4 Å². The average molecular weight is 242 g/mol. The Bertz CT molecular complexity index is 534. The third-order valence-corrected chi connectivity index (χ3v) is 3.70. The van der Waals surface area contributed by atoms with Crippen LogP contribution < -0.4 is 0 Å². The van der Waals surface area contributed by atoms with E-state index in [1.807, 2.05) is 24.3 Å². The summed E-state index contributed by atoms with van der Waals surface area (Å²) in [5.74, 6) is 1.23. The van der Waals surface area contributed by atoms with Crippen molar-refractivity contribution in [3.05, 3.63) is 35.7 Å². The Morgan fingerprint density at radius 3 is 2.28 bits per heavy atom. The van der Waals surface area contributed by atoms with Crippen molar-refractivity contribution in [2.75, 3.05) is 0 Å². The summed E-state index contributed by atoms with van der Waals surface area (Å²) >= 11 is 0. The maximum Gasteiger partial charge on any atom is 0.0890 e. The summed E-state index contributed by atoms with van der Waals surface area (Å²) in [5.41, 5.74) is 4.24. The number of aromatic nitrogens is 2. The second kappa shape index (κ2) is 5.47. The van der Waals surface area contributed by atoms with Crippen molar-refractivity contribution in [3.8, 4) is 0 Å². The summed E-state index contributed by atoms with van der Waals surface area (Å²) in [7, 11) is 0. The minimum atomic E-state index is 0.483. The van der Waals surface area contributed by atoms with E-state index in [0.717, 1.165) is 28.3 Å². The number of nitrogens with zero attached hydrogens (tertiary/aromatic N) is 2. The Hall–Kier alpha value is -1.44. The highest BCUT2D eigenvalue weighted by Gasteiger charge is 2.15. The number of benzene rings is 1. The molecule has 0 amide bonds. The first-order valence-electron chi connectivity index (χ1n) is 6.85. The van der Waals surface area contributed by atoms with Gasteiger partial charge in [-0.3, -0.25) is 0 Å². The highest BCUT2D eigenvalue weighted by molar-refractivity contribution is 5.74. The zero-order chi connectivity index (χ0) is 13.1. The summed E-state index contributed by atoms with van der Waals surface area (Å²) in [6.07, 6.45) is 2.41. The first-order valence-corrected chi connectivity index (χ1v) is 6.85. The summed E-state index contributed by atoms with van der Waals surface area (Å²) in [6.45, 7) is 8.89. The van der Waals surface area contributed by atoms with Crippen LogP contribution in [-0.4, -0.2) is 9.97 Å². The molecule has 2 unspecified atom stereocenters. The van der Waals surface area contributed by atoms with Crippen LogP contribution in [0.3, 0.4) is 0 Å². The Balaban J connectivity index is 2.35. The summed E-state index contributed by atoms with van der Waals surface area (Å²) < 4.78 is 0. The first-order chi connectivity index (χ1) is 8.61. The second-order valence-electron chi connectivity index (χ2n) is 5.33. The fourth-order valence-electron chi connectivity index (χ4n) is 2.45. The molecule has 18 heavy (non-hydrogen) atoms. The molecular formula is C16H22N2. The van der Waals surface area contributed by atoms with Gasteiger partial charge in [-0.15, -0.1) is 0 Å². The molecule has 2 rings (SSSR count). The van der Waals surface area contributed by atoms with Gasteiger partial charge in [-0.2, -0.15) is 0 Å². The van der Waals surface area contributed by atoms with Crippen LogP contribution in [0.25, 0.3) is 11.0 Å². The van der Waals surface area contributed by atoms with E-state index in [1.54, 1.807) is 0 Å². The van der Waals surface area contributed by atoms with Gasteiger partial charge in [0.25, 0.3) is 0 Å². The summed E-state index contributed by atoms with van der Waals surface area (Å²) in [4.78, 5) is 9.47. The van der Waals surface area contributed by atoms with Crippen LogP contribution in [-0.2, 0) is 0 Å². The molecule has 0 saturated heterocycles. The topological polar surface area (TPSA) is 25.8 Å². The monoisotopic (exact) mass is 242 g/mol. The molecule has 2 aromatic rings. The van der Waals surface area contributed by atoms with Gasteiger partial charge in [0.1, 0.15) is 0 Å². The molecule has 0 spiro atoms. The Morgan fingerprint density at radius 2 is 1.67 bits per heavy atom. The maximum atomic E-state index is 4.80. The smallest absolute Gasteiger partial charge is 0.0890 e. The molecule has 0 N–H and O–H groups in total. The first kappa shape index (κ1) is 13.0. The van der Waals surface area contributed by atoms with Gasteiger partial charge in [0.2, 0.25) is 0 Å². The number of hydrogen-bond acceptors (Lipinski definition) is 2. The molecule has 1 aromatic heterocycles. The zero-order valence-corrected chi connectivity index (χ0v) is 11.8. The number of aryl methyl sites for hydroxylation is 1. The van der Waals surface area contributed by atoms with Gasteiger partial charge in [-0.25, -0.2) is 9.97 Å². The number of para-hydroxylation sites is 2. The highest BCUT2D eigenvalue weighted by Crippen LogP contribution is 2.26. The number of hydrogen-bond donors (Lipinski definition) is 0. The molecule has 2 atom stereocenters. The molecule has 0 saturated carbocycles. The van der Waals surface area contributed by atoms with Crippen LogP contribution in [0.4, 0.5) is 0 Å². The van der Waals surface area contributed by atoms with Gasteiger partial charge in [0.15, 0.2) is 0 Å². The van der Waals surface area contributed by atoms with Crippen molar-refractivity contribution in [1.29, 1.82) is 0 Å². The molecule has 0 aliphatic rings. The van der Waals surface area contributed by atoms with Crippen molar-refractivity contribution < 1.29 is 0 Å². The standard InChI is InChI=1S/C16H22N2/c1-5-11(2)10-12(3)16-13(4)17-14-8-6-7-9-15(14)18-16/h6-9,11-12H,5,10H2,1-4H3. The molecule has 1 aromatic carbocycles. The third-order valence-electron chi connectivity index (χ3n) is 3.70. The van der Waals surface area contributed by atoms with Gasteiger partial charge < -0.3 is 0 Å². The van der Waals surface area contributed by atoms with E-state index in [9.17, 15) is 0 Å². The lowest BCUT2D eigenvalue weighted by atomic mass is 9.92. The number of rotatable bonds is 4. The normalized spacial score (nSPS) is 14.7. The van der Waals surface area contributed by atoms with Crippen LogP contribution in [0.1, 0.15) is 50.9 Å². The van der Waals surface area contributed by atoms with E-state index in [4.69, 9.17) is 4.98 Å². The third kappa shape index (κ3) is 2.69. The molecule has 0 aliphatic carbocycles. The summed E-state index contributed by atoms with van der Waals surface area (Å²) in [5, 5.41) is 0. The van der Waals surface area contributed by atoms with Crippen LogP contribution in [0.5, 0.6) is 0 Å². The van der Waals surface area contributed by atoms with Gasteiger partial charge in [0.05, 0.1) is 22.4 Å². The minimum Gasteiger partial charge on any atom is -0.250 e. The predicted molar refractivity (Wildman–Crippen MR) is 76.8 cm³/mol. The van der Waals surface area contributed by atoms with E-state index in [-0.39, 0.29) is 0 Å². The Kier molecular flexibility index (Phi) is 3.95. The van der Waals surface area contributed by atoms with Crippen molar-refractivity contribution >= 4 is 11.0 Å².